The summed E-state index contributed by atoms with van der Waals surface area (Å²) in [5, 5.41) is 8.41. The molecule has 1 rings (SSSR count). The molecule has 0 saturated carbocycles. The molecule has 0 aliphatic heterocycles. The van der Waals surface area contributed by atoms with Crippen LogP contribution >= 0.6 is 11.6 Å². The Morgan fingerprint density at radius 3 is 2.86 bits per heavy atom. The van der Waals surface area contributed by atoms with E-state index >= 15 is 0 Å². The number of nitrogens with two attached hydrogens (primary N) is 1. The van der Waals surface area contributed by atoms with Gasteiger partial charge in [-0.3, -0.25) is 0 Å². The van der Waals surface area contributed by atoms with Gasteiger partial charge in [0.1, 0.15) is 0 Å². The van der Waals surface area contributed by atoms with Crippen molar-refractivity contribution >= 4 is 17.3 Å². The van der Waals surface area contributed by atoms with Crippen LogP contribution in [0.5, 0.6) is 0 Å². The van der Waals surface area contributed by atoms with Crippen molar-refractivity contribution in [1.29, 1.82) is 0 Å². The monoisotopic (exact) mass is 213 g/mol. The molecule has 0 amide bonds. The number of hydrogen-bond donors (Lipinski definition) is 2. The topological polar surface area (TPSA) is 46.2 Å². The van der Waals surface area contributed by atoms with Crippen molar-refractivity contribution in [1.82, 2.24) is 0 Å². The van der Waals surface area contributed by atoms with Crippen molar-refractivity contribution < 1.29 is 9.50 Å². The Bertz CT molecular complexity index is 395. The van der Waals surface area contributed by atoms with Crippen LogP contribution in [-0.4, -0.2) is 11.7 Å². The maximum Gasteiger partial charge on any atom is 0.165 e. The molecule has 0 spiro atoms. The number of rotatable bonds is 1. The molecular formula is C10H9ClFNO. The van der Waals surface area contributed by atoms with Crippen molar-refractivity contribution in [2.24, 2.45) is 0 Å². The van der Waals surface area contributed by atoms with Gasteiger partial charge in [0, 0.05) is 12.0 Å². The molecule has 0 saturated heterocycles. The van der Waals surface area contributed by atoms with Gasteiger partial charge in [0.2, 0.25) is 0 Å². The normalized spacial score (nSPS) is 9.36. The van der Waals surface area contributed by atoms with Crippen molar-refractivity contribution in [3.8, 4) is 11.8 Å². The van der Waals surface area contributed by atoms with Crippen molar-refractivity contribution in [2.75, 3.05) is 12.3 Å². The van der Waals surface area contributed by atoms with Crippen LogP contribution in [0.2, 0.25) is 5.02 Å². The van der Waals surface area contributed by atoms with E-state index in [1.54, 1.807) is 6.07 Å². The molecule has 3 N–H and O–H groups in total. The highest BCUT2D eigenvalue weighted by Gasteiger charge is 2.07. The van der Waals surface area contributed by atoms with E-state index in [2.05, 4.69) is 11.8 Å². The molecule has 0 aromatic heterocycles. The molecule has 0 aliphatic carbocycles. The Balaban J connectivity index is 3.02. The molecule has 4 heteroatoms. The highest BCUT2D eigenvalue weighted by atomic mass is 35.5. The van der Waals surface area contributed by atoms with E-state index in [0.29, 0.717) is 12.0 Å². The lowest BCUT2D eigenvalue weighted by atomic mass is 10.2. The number of halogens is 2. The first-order chi connectivity index (χ1) is 6.66. The van der Waals surface area contributed by atoms with Crippen molar-refractivity contribution in [2.45, 2.75) is 6.42 Å². The quantitative estimate of drug-likeness (QED) is 0.552. The fourth-order valence-electron chi connectivity index (χ4n) is 0.875. The van der Waals surface area contributed by atoms with E-state index in [1.165, 1.54) is 6.07 Å². The molecule has 1 aromatic rings. The summed E-state index contributed by atoms with van der Waals surface area (Å²) < 4.78 is 13.1. The van der Waals surface area contributed by atoms with Gasteiger partial charge >= 0.3 is 0 Å². The van der Waals surface area contributed by atoms with E-state index < -0.39 is 5.82 Å². The summed E-state index contributed by atoms with van der Waals surface area (Å²) in [7, 11) is 0. The first-order valence-electron chi connectivity index (χ1n) is 4.00. The molecule has 1 aromatic carbocycles. The molecule has 0 fully saturated rings. The largest absolute Gasteiger partial charge is 0.396 e. The van der Waals surface area contributed by atoms with Crippen LogP contribution in [0.4, 0.5) is 10.1 Å². The Labute approximate surface area is 86.5 Å². The lowest BCUT2D eigenvalue weighted by molar-refractivity contribution is 0.305. The second-order valence-corrected chi connectivity index (χ2v) is 2.98. The summed E-state index contributed by atoms with van der Waals surface area (Å²) in [4.78, 5) is 0. The van der Waals surface area contributed by atoms with Gasteiger partial charge in [-0.1, -0.05) is 23.4 Å². The first kappa shape index (κ1) is 10.8. The van der Waals surface area contributed by atoms with Gasteiger partial charge in [-0.05, 0) is 12.1 Å². The average molecular weight is 214 g/mol. The molecule has 2 nitrogen and oxygen atoms in total. The Morgan fingerprint density at radius 1 is 1.50 bits per heavy atom. The third-order valence-electron chi connectivity index (χ3n) is 1.57. The molecule has 0 radical (unpaired) electrons. The Kier molecular flexibility index (Phi) is 3.75. The number of aliphatic hydroxyl groups is 1. The van der Waals surface area contributed by atoms with E-state index in [9.17, 15) is 4.39 Å². The Morgan fingerprint density at radius 2 is 2.21 bits per heavy atom. The van der Waals surface area contributed by atoms with Gasteiger partial charge in [0.25, 0.3) is 0 Å². The van der Waals surface area contributed by atoms with Crippen LogP contribution in [0.1, 0.15) is 12.0 Å². The second-order valence-electron chi connectivity index (χ2n) is 2.61. The molecule has 0 heterocycles. The second kappa shape index (κ2) is 4.85. The third kappa shape index (κ3) is 2.38. The highest BCUT2D eigenvalue weighted by Crippen LogP contribution is 2.23. The van der Waals surface area contributed by atoms with Crippen LogP contribution in [0.25, 0.3) is 0 Å². The summed E-state index contributed by atoms with van der Waals surface area (Å²) in [6, 6.07) is 2.95. The molecule has 74 valence electrons. The van der Waals surface area contributed by atoms with Crippen LogP contribution in [0.3, 0.4) is 0 Å². The highest BCUT2D eigenvalue weighted by molar-refractivity contribution is 6.32. The van der Waals surface area contributed by atoms with Gasteiger partial charge in [-0.25, -0.2) is 4.39 Å². The lowest BCUT2D eigenvalue weighted by Gasteiger charge is -2.00. The fraction of sp³-hybridized carbons (Fsp3) is 0.200. The molecule has 14 heavy (non-hydrogen) atoms. The van der Waals surface area contributed by atoms with Crippen LogP contribution < -0.4 is 5.73 Å². The summed E-state index contributed by atoms with van der Waals surface area (Å²) in [5.74, 6) is 4.64. The number of benzene rings is 1. The zero-order valence-corrected chi connectivity index (χ0v) is 8.11. The summed E-state index contributed by atoms with van der Waals surface area (Å²) in [6.45, 7) is -0.0257. The van der Waals surface area contributed by atoms with Gasteiger partial charge in [-0.2, -0.15) is 0 Å². The zero-order valence-electron chi connectivity index (χ0n) is 7.35. The molecule has 0 aliphatic rings. The third-order valence-corrected chi connectivity index (χ3v) is 1.94. The van der Waals surface area contributed by atoms with E-state index in [4.69, 9.17) is 22.4 Å². The van der Waals surface area contributed by atoms with Crippen molar-refractivity contribution in [3.63, 3.8) is 0 Å². The molecule has 0 bridgehead atoms. The van der Waals surface area contributed by atoms with Crippen LogP contribution in [0.15, 0.2) is 12.1 Å². The summed E-state index contributed by atoms with van der Waals surface area (Å²) in [6.07, 6.45) is 0.336. The number of anilines is 1. The maximum atomic E-state index is 13.1. The van der Waals surface area contributed by atoms with Crippen LogP contribution in [-0.2, 0) is 0 Å². The van der Waals surface area contributed by atoms with Gasteiger partial charge in [-0.15, -0.1) is 0 Å². The minimum Gasteiger partial charge on any atom is -0.396 e. The predicted octanol–water partition coefficient (Wildman–Crippen LogP) is 1.80. The zero-order chi connectivity index (χ0) is 10.6. The number of hydrogen-bond acceptors (Lipinski definition) is 2. The lowest BCUT2D eigenvalue weighted by Crippen LogP contribution is -1.92. The number of aliphatic hydroxyl groups excluding tert-OH is 1. The molecular weight excluding hydrogens is 205 g/mol. The molecule has 0 atom stereocenters. The standard InChI is InChI=1S/C10H9ClFNO/c11-9-7(3-1-2-6-14)4-5-8(13)10(9)12/h4-5,14H,2,6,13H2. The summed E-state index contributed by atoms with van der Waals surface area (Å²) >= 11 is 5.66. The van der Waals surface area contributed by atoms with Gasteiger partial charge in [0.15, 0.2) is 5.82 Å². The minimum atomic E-state index is -0.650. The first-order valence-corrected chi connectivity index (χ1v) is 4.38. The van der Waals surface area contributed by atoms with E-state index in [-0.39, 0.29) is 17.3 Å². The van der Waals surface area contributed by atoms with E-state index in [0.717, 1.165) is 0 Å². The SMILES string of the molecule is Nc1ccc(C#CCCO)c(Cl)c1F. The number of nitrogen functional groups attached to an aromatic ring is 1. The minimum absolute atomic E-state index is 0.00251. The molecule has 0 unspecified atom stereocenters. The van der Waals surface area contributed by atoms with Crippen LogP contribution in [0, 0.1) is 17.7 Å². The predicted molar refractivity (Wildman–Crippen MR) is 54.4 cm³/mol. The summed E-state index contributed by atoms with van der Waals surface area (Å²) in [5.41, 5.74) is 5.68. The maximum absolute atomic E-state index is 13.1. The smallest absolute Gasteiger partial charge is 0.165 e. The van der Waals surface area contributed by atoms with Gasteiger partial charge < -0.3 is 10.8 Å². The Hall–Kier alpha value is -1.24. The van der Waals surface area contributed by atoms with E-state index in [1.807, 2.05) is 0 Å². The van der Waals surface area contributed by atoms with Gasteiger partial charge in [0.05, 0.1) is 17.3 Å². The van der Waals surface area contributed by atoms with Crippen molar-refractivity contribution in [3.05, 3.63) is 28.5 Å². The fourth-order valence-corrected chi connectivity index (χ4v) is 1.09. The average Bonchev–Trinajstić information content (AvgIpc) is 2.18.